The molecule has 1 aliphatic heterocycles. The van der Waals surface area contributed by atoms with E-state index < -0.39 is 0 Å². The number of likely N-dealkylation sites (tertiary alicyclic amines) is 1. The lowest BCUT2D eigenvalue weighted by molar-refractivity contribution is 0.0607. The molecule has 3 nitrogen and oxygen atoms in total. The Morgan fingerprint density at radius 1 is 1.44 bits per heavy atom. The van der Waals surface area contributed by atoms with Crippen molar-refractivity contribution in [3.63, 3.8) is 0 Å². The van der Waals surface area contributed by atoms with Crippen molar-refractivity contribution in [3.8, 4) is 0 Å². The summed E-state index contributed by atoms with van der Waals surface area (Å²) < 4.78 is 0. The molecule has 18 heavy (non-hydrogen) atoms. The second kappa shape index (κ2) is 5.51. The van der Waals surface area contributed by atoms with Gasteiger partial charge in [0.1, 0.15) is 0 Å². The first-order valence-corrected chi connectivity index (χ1v) is 6.88. The number of aryl methyl sites for hydroxylation is 1. The molecule has 0 spiro atoms. The molecule has 1 amide bonds. The Morgan fingerprint density at radius 3 is 2.94 bits per heavy atom. The monoisotopic (exact) mass is 246 g/mol. The number of piperidine rings is 1. The van der Waals surface area contributed by atoms with Crippen LogP contribution in [0.25, 0.3) is 0 Å². The summed E-state index contributed by atoms with van der Waals surface area (Å²) >= 11 is 0. The van der Waals surface area contributed by atoms with E-state index in [4.69, 9.17) is 0 Å². The van der Waals surface area contributed by atoms with Crippen molar-refractivity contribution >= 4 is 5.91 Å². The van der Waals surface area contributed by atoms with E-state index in [2.05, 4.69) is 16.8 Å². The topological polar surface area (TPSA) is 33.2 Å². The first kappa shape index (κ1) is 13.1. The highest BCUT2D eigenvalue weighted by Crippen LogP contribution is 2.23. The van der Waals surface area contributed by atoms with Crippen molar-refractivity contribution in [1.82, 2.24) is 9.88 Å². The summed E-state index contributed by atoms with van der Waals surface area (Å²) in [4.78, 5) is 18.9. The van der Waals surface area contributed by atoms with Crippen molar-refractivity contribution in [2.45, 2.75) is 52.5 Å². The standard InChI is InChI=1S/C15H22N2O/c1-4-13-7-5-6-10-17(13)15(18)14-8-9-16-12(3)11(14)2/h8-9,13H,4-7,10H2,1-3H3. The van der Waals surface area contributed by atoms with Crippen molar-refractivity contribution in [2.24, 2.45) is 0 Å². The summed E-state index contributed by atoms with van der Waals surface area (Å²) in [5.74, 6) is 0.185. The molecule has 0 bridgehead atoms. The molecule has 1 saturated heterocycles. The average molecular weight is 246 g/mol. The molecule has 1 aromatic heterocycles. The third kappa shape index (κ3) is 2.40. The third-order valence-electron chi connectivity index (χ3n) is 4.05. The van der Waals surface area contributed by atoms with E-state index in [9.17, 15) is 4.79 Å². The van der Waals surface area contributed by atoms with E-state index in [1.165, 1.54) is 6.42 Å². The minimum absolute atomic E-state index is 0.185. The van der Waals surface area contributed by atoms with Gasteiger partial charge in [0, 0.05) is 30.0 Å². The highest BCUT2D eigenvalue weighted by molar-refractivity contribution is 5.96. The molecule has 0 radical (unpaired) electrons. The van der Waals surface area contributed by atoms with Crippen LogP contribution in [0, 0.1) is 13.8 Å². The molecule has 0 aliphatic carbocycles. The van der Waals surface area contributed by atoms with E-state index in [1.807, 2.05) is 19.9 Å². The number of amides is 1. The van der Waals surface area contributed by atoms with Gasteiger partial charge in [0.15, 0.2) is 0 Å². The summed E-state index contributed by atoms with van der Waals surface area (Å²) in [6, 6.07) is 2.27. The summed E-state index contributed by atoms with van der Waals surface area (Å²) in [5.41, 5.74) is 2.79. The van der Waals surface area contributed by atoms with E-state index in [1.54, 1.807) is 6.20 Å². The lowest BCUT2D eigenvalue weighted by atomic mass is 9.98. The fraction of sp³-hybridized carbons (Fsp3) is 0.600. The maximum atomic E-state index is 12.6. The molecule has 0 aromatic carbocycles. The number of carbonyl (C=O) groups is 1. The van der Waals surface area contributed by atoms with Crippen LogP contribution in [0.1, 0.15) is 54.2 Å². The number of aromatic nitrogens is 1. The van der Waals surface area contributed by atoms with Crippen molar-refractivity contribution < 1.29 is 4.79 Å². The second-order valence-corrected chi connectivity index (χ2v) is 5.13. The molecule has 1 atom stereocenters. The Bertz CT molecular complexity index is 442. The Hall–Kier alpha value is -1.38. The van der Waals surface area contributed by atoms with Gasteiger partial charge in [0.2, 0.25) is 0 Å². The zero-order valence-electron chi connectivity index (χ0n) is 11.6. The quantitative estimate of drug-likeness (QED) is 0.803. The molecule has 1 aromatic rings. The van der Waals surface area contributed by atoms with Crippen LogP contribution < -0.4 is 0 Å². The van der Waals surface area contributed by atoms with Gasteiger partial charge in [-0.1, -0.05) is 6.92 Å². The van der Waals surface area contributed by atoms with Crippen LogP contribution in [0.5, 0.6) is 0 Å². The normalized spacial score (nSPS) is 19.9. The zero-order valence-corrected chi connectivity index (χ0v) is 11.6. The second-order valence-electron chi connectivity index (χ2n) is 5.13. The number of hydrogen-bond acceptors (Lipinski definition) is 2. The first-order valence-electron chi connectivity index (χ1n) is 6.88. The Kier molecular flexibility index (Phi) is 4.00. The summed E-state index contributed by atoms with van der Waals surface area (Å²) in [6.45, 7) is 7.01. The van der Waals surface area contributed by atoms with Crippen molar-refractivity contribution in [2.75, 3.05) is 6.54 Å². The number of pyridine rings is 1. The molecule has 0 N–H and O–H groups in total. The molecule has 1 fully saturated rings. The van der Waals surface area contributed by atoms with Gasteiger partial charge in [0.05, 0.1) is 0 Å². The highest BCUT2D eigenvalue weighted by Gasteiger charge is 2.27. The Balaban J connectivity index is 2.27. The molecule has 3 heteroatoms. The number of hydrogen-bond donors (Lipinski definition) is 0. The largest absolute Gasteiger partial charge is 0.336 e. The van der Waals surface area contributed by atoms with Gasteiger partial charge in [-0.15, -0.1) is 0 Å². The van der Waals surface area contributed by atoms with Gasteiger partial charge in [-0.2, -0.15) is 0 Å². The van der Waals surface area contributed by atoms with Crippen LogP contribution in [0.15, 0.2) is 12.3 Å². The maximum Gasteiger partial charge on any atom is 0.254 e. The van der Waals surface area contributed by atoms with Gasteiger partial charge in [-0.3, -0.25) is 9.78 Å². The summed E-state index contributed by atoms with van der Waals surface area (Å²) in [5, 5.41) is 0. The fourth-order valence-electron chi connectivity index (χ4n) is 2.72. The predicted octanol–water partition coefficient (Wildman–Crippen LogP) is 3.10. The minimum atomic E-state index is 0.185. The van der Waals surface area contributed by atoms with Crippen LogP contribution in [-0.4, -0.2) is 28.4 Å². The van der Waals surface area contributed by atoms with Crippen LogP contribution >= 0.6 is 0 Å². The summed E-state index contributed by atoms with van der Waals surface area (Å²) in [6.07, 6.45) is 6.31. The molecule has 98 valence electrons. The molecule has 0 saturated carbocycles. The smallest absolute Gasteiger partial charge is 0.254 e. The predicted molar refractivity (Wildman–Crippen MR) is 72.7 cm³/mol. The van der Waals surface area contributed by atoms with Gasteiger partial charge >= 0.3 is 0 Å². The van der Waals surface area contributed by atoms with E-state index >= 15 is 0 Å². The minimum Gasteiger partial charge on any atom is -0.336 e. The maximum absolute atomic E-state index is 12.6. The summed E-state index contributed by atoms with van der Waals surface area (Å²) in [7, 11) is 0. The van der Waals surface area contributed by atoms with Crippen LogP contribution in [0.4, 0.5) is 0 Å². The molecular formula is C15H22N2O. The van der Waals surface area contributed by atoms with Crippen LogP contribution in [0.2, 0.25) is 0 Å². The molecule has 2 heterocycles. The number of carbonyl (C=O) groups excluding carboxylic acids is 1. The van der Waals surface area contributed by atoms with Gasteiger partial charge in [-0.05, 0) is 51.2 Å². The number of nitrogens with zero attached hydrogens (tertiary/aromatic N) is 2. The molecule has 1 aliphatic rings. The van der Waals surface area contributed by atoms with Crippen molar-refractivity contribution in [3.05, 3.63) is 29.1 Å². The first-order chi connectivity index (χ1) is 8.65. The van der Waals surface area contributed by atoms with E-state index in [-0.39, 0.29) is 5.91 Å². The fourth-order valence-corrected chi connectivity index (χ4v) is 2.72. The SMILES string of the molecule is CCC1CCCCN1C(=O)c1ccnc(C)c1C. The Labute approximate surface area is 109 Å². The van der Waals surface area contributed by atoms with Crippen LogP contribution in [-0.2, 0) is 0 Å². The molecule has 2 rings (SSSR count). The van der Waals surface area contributed by atoms with Crippen molar-refractivity contribution in [1.29, 1.82) is 0 Å². The van der Waals surface area contributed by atoms with Gasteiger partial charge in [-0.25, -0.2) is 0 Å². The number of rotatable bonds is 2. The zero-order chi connectivity index (χ0) is 13.1. The van der Waals surface area contributed by atoms with Crippen LogP contribution in [0.3, 0.4) is 0 Å². The molecular weight excluding hydrogens is 224 g/mol. The molecule has 1 unspecified atom stereocenters. The van der Waals surface area contributed by atoms with E-state index in [0.29, 0.717) is 6.04 Å². The highest BCUT2D eigenvalue weighted by atomic mass is 16.2. The average Bonchev–Trinajstić information content (AvgIpc) is 2.41. The van der Waals surface area contributed by atoms with Gasteiger partial charge < -0.3 is 4.90 Å². The Morgan fingerprint density at radius 2 is 2.22 bits per heavy atom. The van der Waals surface area contributed by atoms with Gasteiger partial charge in [0.25, 0.3) is 5.91 Å². The van der Waals surface area contributed by atoms with E-state index in [0.717, 1.165) is 42.6 Å². The lowest BCUT2D eigenvalue weighted by Crippen LogP contribution is -2.43. The lowest BCUT2D eigenvalue weighted by Gasteiger charge is -2.35. The third-order valence-corrected chi connectivity index (χ3v) is 4.05.